The fraction of sp³-hybridized carbons (Fsp3) is 0.0909. The predicted octanol–water partition coefficient (Wildman–Crippen LogP) is 3.04. The molecule has 16 heavy (non-hydrogen) atoms. The van der Waals surface area contributed by atoms with E-state index in [1.54, 1.807) is 18.2 Å². The van der Waals surface area contributed by atoms with Gasteiger partial charge >= 0.3 is 0 Å². The van der Waals surface area contributed by atoms with Crippen molar-refractivity contribution in [1.29, 1.82) is 0 Å². The lowest BCUT2D eigenvalue weighted by atomic mass is 10.2. The number of thiazole rings is 1. The van der Waals surface area contributed by atoms with E-state index in [9.17, 15) is 4.39 Å². The molecular formula is C11H10FN3S. The summed E-state index contributed by atoms with van der Waals surface area (Å²) in [7, 11) is 0. The molecule has 5 heteroatoms. The predicted molar refractivity (Wildman–Crippen MR) is 64.5 cm³/mol. The van der Waals surface area contributed by atoms with Gasteiger partial charge in [0.1, 0.15) is 5.82 Å². The molecule has 3 nitrogen and oxygen atoms in total. The molecule has 1 heterocycles. The number of rotatable bonds is 3. The second-order valence-electron chi connectivity index (χ2n) is 3.19. The van der Waals surface area contributed by atoms with Crippen molar-refractivity contribution in [2.45, 2.75) is 6.92 Å². The molecule has 0 saturated carbocycles. The van der Waals surface area contributed by atoms with Gasteiger partial charge in [-0.25, -0.2) is 9.37 Å². The van der Waals surface area contributed by atoms with Gasteiger partial charge in [-0.2, -0.15) is 5.10 Å². The second kappa shape index (κ2) is 4.85. The summed E-state index contributed by atoms with van der Waals surface area (Å²) in [4.78, 5) is 4.16. The average Bonchev–Trinajstić information content (AvgIpc) is 2.67. The molecule has 0 fully saturated rings. The van der Waals surface area contributed by atoms with Gasteiger partial charge in [-0.1, -0.05) is 18.2 Å². The van der Waals surface area contributed by atoms with Crippen LogP contribution in [0.15, 0.2) is 34.7 Å². The smallest absolute Gasteiger partial charge is 0.203 e. The van der Waals surface area contributed by atoms with Crippen LogP contribution in [0.25, 0.3) is 0 Å². The van der Waals surface area contributed by atoms with Gasteiger partial charge < -0.3 is 0 Å². The van der Waals surface area contributed by atoms with Crippen molar-refractivity contribution in [2.75, 3.05) is 5.43 Å². The molecular weight excluding hydrogens is 225 g/mol. The zero-order valence-electron chi connectivity index (χ0n) is 8.64. The number of nitrogens with one attached hydrogen (secondary N) is 1. The van der Waals surface area contributed by atoms with Gasteiger partial charge in [-0.3, -0.25) is 5.43 Å². The third-order valence-corrected chi connectivity index (χ3v) is 2.75. The number of benzene rings is 1. The summed E-state index contributed by atoms with van der Waals surface area (Å²) in [6.45, 7) is 1.91. The fourth-order valence-electron chi connectivity index (χ4n) is 1.14. The third kappa shape index (κ3) is 2.64. The minimum Gasteiger partial charge on any atom is -0.253 e. The van der Waals surface area contributed by atoms with Crippen molar-refractivity contribution in [2.24, 2.45) is 5.10 Å². The van der Waals surface area contributed by atoms with Gasteiger partial charge in [-0.05, 0) is 13.0 Å². The van der Waals surface area contributed by atoms with Crippen LogP contribution in [-0.4, -0.2) is 11.2 Å². The van der Waals surface area contributed by atoms with Gasteiger partial charge in [0.05, 0.1) is 11.9 Å². The maximum absolute atomic E-state index is 13.2. The van der Waals surface area contributed by atoms with Crippen LogP contribution in [0.5, 0.6) is 0 Å². The molecule has 0 aliphatic carbocycles. The SMILES string of the molecule is Cc1csc(N/N=C\c2ccccc2F)n1. The number of anilines is 1. The van der Waals surface area contributed by atoms with E-state index < -0.39 is 0 Å². The number of nitrogens with zero attached hydrogens (tertiary/aromatic N) is 2. The van der Waals surface area contributed by atoms with Gasteiger partial charge in [0.2, 0.25) is 5.13 Å². The lowest BCUT2D eigenvalue weighted by Crippen LogP contribution is -1.92. The molecule has 0 saturated heterocycles. The first kappa shape index (κ1) is 10.8. The van der Waals surface area contributed by atoms with Crippen molar-refractivity contribution in [3.05, 3.63) is 46.7 Å². The molecule has 2 rings (SSSR count). The first-order valence-electron chi connectivity index (χ1n) is 4.71. The first-order chi connectivity index (χ1) is 7.75. The summed E-state index contributed by atoms with van der Waals surface area (Å²) in [6.07, 6.45) is 1.44. The van der Waals surface area contributed by atoms with Crippen molar-refractivity contribution in [3.8, 4) is 0 Å². The van der Waals surface area contributed by atoms with Crippen LogP contribution in [0.4, 0.5) is 9.52 Å². The average molecular weight is 235 g/mol. The molecule has 0 spiro atoms. The van der Waals surface area contributed by atoms with Crippen LogP contribution >= 0.6 is 11.3 Å². The van der Waals surface area contributed by atoms with E-state index in [2.05, 4.69) is 15.5 Å². The summed E-state index contributed by atoms with van der Waals surface area (Å²) in [5.41, 5.74) is 4.14. The molecule has 0 bridgehead atoms. The number of halogens is 1. The molecule has 0 amide bonds. The van der Waals surface area contributed by atoms with Crippen LogP contribution in [0.3, 0.4) is 0 Å². The van der Waals surface area contributed by atoms with Crippen molar-refractivity contribution >= 4 is 22.7 Å². The van der Waals surface area contributed by atoms with Crippen molar-refractivity contribution in [1.82, 2.24) is 4.98 Å². The van der Waals surface area contributed by atoms with E-state index >= 15 is 0 Å². The topological polar surface area (TPSA) is 37.3 Å². The number of aromatic nitrogens is 1. The Morgan fingerprint density at radius 1 is 1.44 bits per heavy atom. The molecule has 1 N–H and O–H groups in total. The normalized spacial score (nSPS) is 10.9. The van der Waals surface area contributed by atoms with E-state index in [1.165, 1.54) is 23.6 Å². The minimum absolute atomic E-state index is 0.289. The van der Waals surface area contributed by atoms with Crippen molar-refractivity contribution in [3.63, 3.8) is 0 Å². The summed E-state index contributed by atoms with van der Waals surface area (Å²) >= 11 is 1.46. The maximum atomic E-state index is 13.2. The molecule has 1 aromatic heterocycles. The molecule has 2 aromatic rings. The molecule has 0 aliphatic heterocycles. The van der Waals surface area contributed by atoms with E-state index in [0.717, 1.165) is 5.69 Å². The minimum atomic E-state index is -0.289. The Hall–Kier alpha value is -1.75. The Labute approximate surface area is 96.7 Å². The summed E-state index contributed by atoms with van der Waals surface area (Å²) in [5.74, 6) is -0.289. The van der Waals surface area contributed by atoms with Crippen LogP contribution < -0.4 is 5.43 Å². The zero-order chi connectivity index (χ0) is 11.4. The van der Waals surface area contributed by atoms with Crippen LogP contribution in [0.2, 0.25) is 0 Å². The van der Waals surface area contributed by atoms with Gasteiger partial charge in [0, 0.05) is 10.9 Å². The first-order valence-corrected chi connectivity index (χ1v) is 5.59. The molecule has 0 unspecified atom stereocenters. The number of hydrogen-bond acceptors (Lipinski definition) is 4. The van der Waals surface area contributed by atoms with Gasteiger partial charge in [-0.15, -0.1) is 11.3 Å². The highest BCUT2D eigenvalue weighted by molar-refractivity contribution is 7.13. The van der Waals surface area contributed by atoms with Crippen LogP contribution in [0, 0.1) is 12.7 Å². The maximum Gasteiger partial charge on any atom is 0.203 e. The molecule has 0 aliphatic rings. The Morgan fingerprint density at radius 3 is 2.94 bits per heavy atom. The Bertz CT molecular complexity index is 507. The van der Waals surface area contributed by atoms with E-state index in [1.807, 2.05) is 12.3 Å². The molecule has 0 atom stereocenters. The molecule has 1 aromatic carbocycles. The molecule has 82 valence electrons. The largest absolute Gasteiger partial charge is 0.253 e. The Morgan fingerprint density at radius 2 is 2.25 bits per heavy atom. The summed E-state index contributed by atoms with van der Waals surface area (Å²) in [6, 6.07) is 6.46. The van der Waals surface area contributed by atoms with Gasteiger partial charge in [0.25, 0.3) is 0 Å². The van der Waals surface area contributed by atoms with Crippen molar-refractivity contribution < 1.29 is 4.39 Å². The highest BCUT2D eigenvalue weighted by Crippen LogP contribution is 2.14. The van der Waals surface area contributed by atoms with E-state index in [-0.39, 0.29) is 5.82 Å². The summed E-state index contributed by atoms with van der Waals surface area (Å²) in [5, 5.41) is 6.54. The number of aryl methyl sites for hydroxylation is 1. The highest BCUT2D eigenvalue weighted by atomic mass is 32.1. The second-order valence-corrected chi connectivity index (χ2v) is 4.04. The van der Waals surface area contributed by atoms with Crippen LogP contribution in [0.1, 0.15) is 11.3 Å². The van der Waals surface area contributed by atoms with Crippen LogP contribution in [-0.2, 0) is 0 Å². The lowest BCUT2D eigenvalue weighted by Gasteiger charge is -1.95. The Balaban J connectivity index is 2.03. The molecule has 0 radical (unpaired) electrons. The number of hydrogen-bond donors (Lipinski definition) is 1. The zero-order valence-corrected chi connectivity index (χ0v) is 9.46. The van der Waals surface area contributed by atoms with E-state index in [0.29, 0.717) is 10.7 Å². The third-order valence-electron chi connectivity index (χ3n) is 1.89. The number of hydrazone groups is 1. The summed E-state index contributed by atoms with van der Waals surface area (Å²) < 4.78 is 13.2. The van der Waals surface area contributed by atoms with E-state index in [4.69, 9.17) is 0 Å². The van der Waals surface area contributed by atoms with Gasteiger partial charge in [0.15, 0.2) is 0 Å². The lowest BCUT2D eigenvalue weighted by molar-refractivity contribution is 0.626. The highest BCUT2D eigenvalue weighted by Gasteiger charge is 1.97. The monoisotopic (exact) mass is 235 g/mol. The quantitative estimate of drug-likeness (QED) is 0.656. The standard InChI is InChI=1S/C11H10FN3S/c1-8-7-16-11(14-8)15-13-6-9-4-2-3-5-10(9)12/h2-7H,1H3,(H,14,15)/b13-6-. The Kier molecular flexibility index (Phi) is 3.26. The fourth-order valence-corrected chi connectivity index (χ4v) is 1.78.